The van der Waals surface area contributed by atoms with Crippen molar-refractivity contribution in [2.75, 3.05) is 0 Å². The van der Waals surface area contributed by atoms with Gasteiger partial charge in [-0.1, -0.05) is 6.07 Å². The van der Waals surface area contributed by atoms with Gasteiger partial charge in [-0.05, 0) is 11.6 Å². The molecule has 0 saturated carbocycles. The summed E-state index contributed by atoms with van der Waals surface area (Å²) in [7, 11) is 0. The lowest BCUT2D eigenvalue weighted by atomic mass is 10.1. The second kappa shape index (κ2) is 2.33. The molecule has 0 aliphatic carbocycles. The van der Waals surface area contributed by atoms with E-state index >= 15 is 0 Å². The molecule has 0 atom stereocenters. The summed E-state index contributed by atoms with van der Waals surface area (Å²) in [5.41, 5.74) is 4.58. The van der Waals surface area contributed by atoms with Gasteiger partial charge in [-0.15, -0.1) is 0 Å². The van der Waals surface area contributed by atoms with Crippen LogP contribution in [0.25, 0.3) is 11.1 Å². The zero-order valence-electron chi connectivity index (χ0n) is 7.42. The van der Waals surface area contributed by atoms with Gasteiger partial charge >= 0.3 is 0 Å². The number of hydrogen-bond donors (Lipinski definition) is 1. The molecule has 3 heteroatoms. The largest absolute Gasteiger partial charge is 0.441 e. The molecule has 1 N–H and O–H groups in total. The first kappa shape index (κ1) is 7.09. The van der Waals surface area contributed by atoms with Crippen molar-refractivity contribution in [1.29, 1.82) is 0 Å². The quantitative estimate of drug-likeness (QED) is 0.661. The van der Waals surface area contributed by atoms with Gasteiger partial charge in [0.1, 0.15) is 5.52 Å². The fourth-order valence-corrected chi connectivity index (χ4v) is 1.89. The van der Waals surface area contributed by atoms with E-state index in [4.69, 9.17) is 4.42 Å². The van der Waals surface area contributed by atoms with Crippen molar-refractivity contribution in [2.24, 2.45) is 0 Å². The zero-order valence-corrected chi connectivity index (χ0v) is 7.42. The molecule has 0 saturated heterocycles. The second-order valence-corrected chi connectivity index (χ2v) is 3.39. The van der Waals surface area contributed by atoms with Crippen molar-refractivity contribution < 1.29 is 4.42 Å². The summed E-state index contributed by atoms with van der Waals surface area (Å²) in [5.74, 6) is 0.746. The number of benzene rings is 1. The molecule has 0 unspecified atom stereocenters. The van der Waals surface area contributed by atoms with Crippen molar-refractivity contribution in [2.45, 2.75) is 20.0 Å². The summed E-state index contributed by atoms with van der Waals surface area (Å²) in [6, 6.07) is 4.11. The molecular weight excluding hydrogens is 164 g/mol. The first-order chi connectivity index (χ1) is 6.34. The van der Waals surface area contributed by atoms with E-state index in [-0.39, 0.29) is 0 Å². The number of hydrogen-bond acceptors (Lipinski definition) is 3. The highest BCUT2D eigenvalue weighted by molar-refractivity contribution is 5.78. The maximum absolute atomic E-state index is 5.45. The zero-order chi connectivity index (χ0) is 8.84. The van der Waals surface area contributed by atoms with Crippen LogP contribution in [0.3, 0.4) is 0 Å². The van der Waals surface area contributed by atoms with Crippen molar-refractivity contribution >= 4 is 11.1 Å². The molecule has 3 nitrogen and oxygen atoms in total. The minimum atomic E-state index is 0.746. The number of nitrogens with one attached hydrogen (secondary N) is 1. The Morgan fingerprint density at radius 1 is 1.38 bits per heavy atom. The average Bonchev–Trinajstić information content (AvgIpc) is 2.65. The standard InChI is InChI=1S/C10H10N2O/c1-6-12-10-8-5-11-4-7(8)2-3-9(10)13-6/h2-3,11H,4-5H2,1H3. The van der Waals surface area contributed by atoms with Crippen LogP contribution < -0.4 is 5.32 Å². The van der Waals surface area contributed by atoms with E-state index in [1.54, 1.807) is 0 Å². The maximum Gasteiger partial charge on any atom is 0.192 e. The number of oxazole rings is 1. The van der Waals surface area contributed by atoms with Gasteiger partial charge in [0, 0.05) is 25.6 Å². The first-order valence-corrected chi connectivity index (χ1v) is 4.43. The van der Waals surface area contributed by atoms with Crippen molar-refractivity contribution in [3.8, 4) is 0 Å². The van der Waals surface area contributed by atoms with Crippen LogP contribution in [-0.4, -0.2) is 4.98 Å². The molecule has 0 fully saturated rings. The lowest BCUT2D eigenvalue weighted by Crippen LogP contribution is -2.00. The summed E-state index contributed by atoms with van der Waals surface area (Å²) in [6.07, 6.45) is 0. The highest BCUT2D eigenvalue weighted by Crippen LogP contribution is 2.25. The normalized spacial score (nSPS) is 15.2. The van der Waals surface area contributed by atoms with Gasteiger partial charge in [0.2, 0.25) is 0 Å². The monoisotopic (exact) mass is 174 g/mol. The van der Waals surface area contributed by atoms with E-state index in [0.29, 0.717) is 0 Å². The lowest BCUT2D eigenvalue weighted by molar-refractivity contribution is 0.561. The fraction of sp³-hybridized carbons (Fsp3) is 0.300. The third-order valence-corrected chi connectivity index (χ3v) is 2.49. The molecule has 2 heterocycles. The van der Waals surface area contributed by atoms with Crippen LogP contribution in [0, 0.1) is 6.92 Å². The number of fused-ring (bicyclic) bond motifs is 3. The molecule has 0 bridgehead atoms. The minimum absolute atomic E-state index is 0.746. The molecule has 0 radical (unpaired) electrons. The predicted molar refractivity (Wildman–Crippen MR) is 49.3 cm³/mol. The van der Waals surface area contributed by atoms with Gasteiger partial charge in [0.25, 0.3) is 0 Å². The van der Waals surface area contributed by atoms with Crippen molar-refractivity contribution in [3.63, 3.8) is 0 Å². The van der Waals surface area contributed by atoms with Crippen molar-refractivity contribution in [3.05, 3.63) is 29.2 Å². The molecule has 0 spiro atoms. The van der Waals surface area contributed by atoms with Crippen LogP contribution in [0.5, 0.6) is 0 Å². The Morgan fingerprint density at radius 2 is 2.31 bits per heavy atom. The van der Waals surface area contributed by atoms with E-state index in [2.05, 4.69) is 16.4 Å². The Balaban J connectivity index is 2.42. The van der Waals surface area contributed by atoms with Gasteiger partial charge < -0.3 is 9.73 Å². The molecule has 2 aromatic rings. The van der Waals surface area contributed by atoms with Crippen LogP contribution >= 0.6 is 0 Å². The Labute approximate surface area is 75.8 Å². The van der Waals surface area contributed by atoms with Gasteiger partial charge in [-0.25, -0.2) is 4.98 Å². The number of rotatable bonds is 0. The Bertz CT molecular complexity index is 473. The smallest absolute Gasteiger partial charge is 0.192 e. The van der Waals surface area contributed by atoms with E-state index in [1.165, 1.54) is 11.1 Å². The van der Waals surface area contributed by atoms with Crippen LogP contribution in [0.4, 0.5) is 0 Å². The van der Waals surface area contributed by atoms with E-state index in [1.807, 2.05) is 13.0 Å². The molecule has 66 valence electrons. The summed E-state index contributed by atoms with van der Waals surface area (Å²) < 4.78 is 5.45. The lowest BCUT2D eigenvalue weighted by Gasteiger charge is -1.95. The van der Waals surface area contributed by atoms with E-state index in [9.17, 15) is 0 Å². The topological polar surface area (TPSA) is 38.1 Å². The van der Waals surface area contributed by atoms with Gasteiger partial charge in [-0.2, -0.15) is 0 Å². The van der Waals surface area contributed by atoms with Crippen LogP contribution in [0.15, 0.2) is 16.5 Å². The predicted octanol–water partition coefficient (Wildman–Crippen LogP) is 1.74. The molecule has 3 rings (SSSR count). The Morgan fingerprint density at radius 3 is 3.23 bits per heavy atom. The number of aromatic nitrogens is 1. The summed E-state index contributed by atoms with van der Waals surface area (Å²) >= 11 is 0. The maximum atomic E-state index is 5.45. The van der Waals surface area contributed by atoms with E-state index < -0.39 is 0 Å². The van der Waals surface area contributed by atoms with Crippen LogP contribution in [-0.2, 0) is 13.1 Å². The Hall–Kier alpha value is -1.35. The first-order valence-electron chi connectivity index (χ1n) is 4.43. The minimum Gasteiger partial charge on any atom is -0.441 e. The van der Waals surface area contributed by atoms with Crippen LogP contribution in [0.2, 0.25) is 0 Å². The molecule has 1 aromatic carbocycles. The molecule has 1 aromatic heterocycles. The third kappa shape index (κ3) is 0.906. The SMILES string of the molecule is Cc1nc2c3c(ccc2o1)CNC3. The molecule has 1 aliphatic rings. The number of aryl methyl sites for hydroxylation is 1. The third-order valence-electron chi connectivity index (χ3n) is 2.49. The summed E-state index contributed by atoms with van der Waals surface area (Å²) in [4.78, 5) is 4.38. The molecule has 13 heavy (non-hydrogen) atoms. The summed E-state index contributed by atoms with van der Waals surface area (Å²) in [6.45, 7) is 3.75. The highest BCUT2D eigenvalue weighted by Gasteiger charge is 2.16. The van der Waals surface area contributed by atoms with E-state index in [0.717, 1.165) is 30.1 Å². The molecule has 0 amide bonds. The van der Waals surface area contributed by atoms with Crippen molar-refractivity contribution in [1.82, 2.24) is 10.3 Å². The Kier molecular flexibility index (Phi) is 1.27. The number of nitrogens with zero attached hydrogens (tertiary/aromatic N) is 1. The van der Waals surface area contributed by atoms with Crippen LogP contribution in [0.1, 0.15) is 17.0 Å². The molecule has 1 aliphatic heterocycles. The van der Waals surface area contributed by atoms with Gasteiger partial charge in [0.05, 0.1) is 0 Å². The van der Waals surface area contributed by atoms with Gasteiger partial charge in [0.15, 0.2) is 11.5 Å². The average molecular weight is 174 g/mol. The highest BCUT2D eigenvalue weighted by atomic mass is 16.3. The summed E-state index contributed by atoms with van der Waals surface area (Å²) in [5, 5.41) is 3.31. The van der Waals surface area contributed by atoms with Gasteiger partial charge in [-0.3, -0.25) is 0 Å². The second-order valence-electron chi connectivity index (χ2n) is 3.39. The fourth-order valence-electron chi connectivity index (χ4n) is 1.89. The molecular formula is C10H10N2O.